The molecule has 0 aliphatic rings. The molecule has 0 fully saturated rings. The lowest BCUT2D eigenvalue weighted by atomic mass is 10.2. The van der Waals surface area contributed by atoms with Crippen molar-refractivity contribution in [2.75, 3.05) is 0 Å². The fourth-order valence-corrected chi connectivity index (χ4v) is 1.04. The molecule has 10 heavy (non-hydrogen) atoms. The van der Waals surface area contributed by atoms with Crippen molar-refractivity contribution in [1.29, 1.82) is 0 Å². The minimum atomic E-state index is -0.177. The molecular weight excluding hydrogens is 195 g/mol. The highest BCUT2D eigenvalue weighted by Crippen LogP contribution is 2.21. The molecule has 0 N–H and O–H groups in total. The molecule has 1 aromatic carbocycles. The summed E-state index contributed by atoms with van der Waals surface area (Å²) in [6, 6.07) is 6.57. The maximum absolute atomic E-state index is 12.5. The van der Waals surface area contributed by atoms with Gasteiger partial charge in [0.25, 0.3) is 0 Å². The Labute approximate surface area is 68.2 Å². The molecular formula is C8H8BrF. The summed E-state index contributed by atoms with van der Waals surface area (Å²) in [5.74, 6) is -0.177. The molecule has 0 heterocycles. The summed E-state index contributed by atoms with van der Waals surface area (Å²) < 4.78 is 12.5. The zero-order valence-corrected chi connectivity index (χ0v) is 7.23. The van der Waals surface area contributed by atoms with Crippen LogP contribution in [-0.4, -0.2) is 0 Å². The zero-order chi connectivity index (χ0) is 7.56. The van der Waals surface area contributed by atoms with Crippen molar-refractivity contribution in [3.63, 3.8) is 0 Å². The molecule has 0 saturated heterocycles. The van der Waals surface area contributed by atoms with E-state index in [1.807, 2.05) is 13.0 Å². The molecule has 1 rings (SSSR count). The van der Waals surface area contributed by atoms with Crippen LogP contribution in [0.2, 0.25) is 0 Å². The smallest absolute Gasteiger partial charge is 0.123 e. The number of alkyl halides is 1. The van der Waals surface area contributed by atoms with Gasteiger partial charge < -0.3 is 0 Å². The summed E-state index contributed by atoms with van der Waals surface area (Å²) in [5, 5.41) is 0. The molecule has 0 aliphatic heterocycles. The average Bonchev–Trinajstić information content (AvgIpc) is 1.88. The van der Waals surface area contributed by atoms with E-state index in [0.717, 1.165) is 5.56 Å². The molecule has 0 nitrogen and oxygen atoms in total. The predicted molar refractivity (Wildman–Crippen MR) is 43.7 cm³/mol. The minimum Gasteiger partial charge on any atom is -0.207 e. The van der Waals surface area contributed by atoms with Crippen LogP contribution in [0, 0.1) is 5.82 Å². The van der Waals surface area contributed by atoms with Gasteiger partial charge in [-0.3, -0.25) is 0 Å². The molecule has 54 valence electrons. The van der Waals surface area contributed by atoms with E-state index in [9.17, 15) is 4.39 Å². The van der Waals surface area contributed by atoms with Gasteiger partial charge in [0.15, 0.2) is 0 Å². The lowest BCUT2D eigenvalue weighted by Gasteiger charge is -2.01. The summed E-state index contributed by atoms with van der Waals surface area (Å²) in [7, 11) is 0. The molecule has 0 radical (unpaired) electrons. The fraction of sp³-hybridized carbons (Fsp3) is 0.250. The van der Waals surface area contributed by atoms with E-state index in [0.29, 0.717) is 0 Å². The molecule has 0 saturated carbocycles. The van der Waals surface area contributed by atoms with Crippen molar-refractivity contribution in [2.24, 2.45) is 0 Å². The molecule has 0 bridgehead atoms. The number of hydrogen-bond acceptors (Lipinski definition) is 0. The van der Waals surface area contributed by atoms with Crippen molar-refractivity contribution in [3.8, 4) is 0 Å². The minimum absolute atomic E-state index is 0.177. The average molecular weight is 203 g/mol. The largest absolute Gasteiger partial charge is 0.207 e. The second-order valence-corrected chi connectivity index (χ2v) is 3.54. The Hall–Kier alpha value is -0.370. The first kappa shape index (κ1) is 7.73. The van der Waals surface area contributed by atoms with Gasteiger partial charge in [-0.25, -0.2) is 4.39 Å². The van der Waals surface area contributed by atoms with Crippen molar-refractivity contribution < 1.29 is 4.39 Å². The highest BCUT2D eigenvalue weighted by molar-refractivity contribution is 9.09. The van der Waals surface area contributed by atoms with E-state index < -0.39 is 0 Å². The Morgan fingerprint density at radius 3 is 2.60 bits per heavy atom. The quantitative estimate of drug-likeness (QED) is 0.614. The van der Waals surface area contributed by atoms with Crippen LogP contribution in [0.15, 0.2) is 24.3 Å². The third kappa shape index (κ3) is 1.81. The van der Waals surface area contributed by atoms with Gasteiger partial charge in [-0.1, -0.05) is 28.1 Å². The SMILES string of the molecule is CC(Br)c1cccc(F)c1. The summed E-state index contributed by atoms with van der Waals surface area (Å²) in [4.78, 5) is 0.225. The van der Waals surface area contributed by atoms with E-state index in [1.165, 1.54) is 12.1 Å². The van der Waals surface area contributed by atoms with E-state index in [1.54, 1.807) is 6.07 Å². The molecule has 0 aromatic heterocycles. The molecule has 0 aliphatic carbocycles. The fourth-order valence-electron chi connectivity index (χ4n) is 0.754. The maximum atomic E-state index is 12.5. The number of halogens is 2. The van der Waals surface area contributed by atoms with Crippen LogP contribution in [0.5, 0.6) is 0 Å². The Bertz CT molecular complexity index is 220. The molecule has 0 spiro atoms. The highest BCUT2D eigenvalue weighted by Gasteiger charge is 1.99. The molecule has 0 amide bonds. The van der Waals surface area contributed by atoms with Gasteiger partial charge in [0.1, 0.15) is 5.82 Å². The normalized spacial score (nSPS) is 13.1. The van der Waals surface area contributed by atoms with Gasteiger partial charge >= 0.3 is 0 Å². The van der Waals surface area contributed by atoms with Gasteiger partial charge in [0, 0.05) is 4.83 Å². The summed E-state index contributed by atoms with van der Waals surface area (Å²) >= 11 is 3.35. The van der Waals surface area contributed by atoms with Crippen LogP contribution >= 0.6 is 15.9 Å². The van der Waals surface area contributed by atoms with E-state index in [2.05, 4.69) is 15.9 Å². The van der Waals surface area contributed by atoms with Crippen LogP contribution in [0.3, 0.4) is 0 Å². The third-order valence-electron chi connectivity index (χ3n) is 1.31. The third-order valence-corrected chi connectivity index (χ3v) is 1.84. The molecule has 1 unspecified atom stereocenters. The number of hydrogen-bond donors (Lipinski definition) is 0. The lowest BCUT2D eigenvalue weighted by molar-refractivity contribution is 0.625. The van der Waals surface area contributed by atoms with Gasteiger partial charge in [0.2, 0.25) is 0 Å². The van der Waals surface area contributed by atoms with Crippen LogP contribution in [0.25, 0.3) is 0 Å². The van der Waals surface area contributed by atoms with Crippen molar-refractivity contribution in [2.45, 2.75) is 11.8 Å². The number of rotatable bonds is 1. The summed E-state index contributed by atoms with van der Waals surface area (Å²) in [6.45, 7) is 1.97. The Kier molecular flexibility index (Phi) is 2.44. The molecule has 2 heteroatoms. The topological polar surface area (TPSA) is 0 Å². The standard InChI is InChI=1S/C8H8BrF/c1-6(9)7-3-2-4-8(10)5-7/h2-6H,1H3. The second kappa shape index (κ2) is 3.15. The Morgan fingerprint density at radius 2 is 2.20 bits per heavy atom. The molecule has 1 aromatic rings. The first-order valence-corrected chi connectivity index (χ1v) is 4.01. The van der Waals surface area contributed by atoms with Crippen molar-refractivity contribution >= 4 is 15.9 Å². The van der Waals surface area contributed by atoms with E-state index >= 15 is 0 Å². The first-order valence-electron chi connectivity index (χ1n) is 3.09. The monoisotopic (exact) mass is 202 g/mol. The molecule has 1 atom stereocenters. The van der Waals surface area contributed by atoms with Crippen LogP contribution < -0.4 is 0 Å². The lowest BCUT2D eigenvalue weighted by Crippen LogP contribution is -1.83. The second-order valence-electron chi connectivity index (χ2n) is 2.17. The van der Waals surface area contributed by atoms with Crippen LogP contribution in [0.1, 0.15) is 17.3 Å². The summed E-state index contributed by atoms with van der Waals surface area (Å²) in [5.41, 5.74) is 0.972. The van der Waals surface area contributed by atoms with Gasteiger partial charge in [-0.2, -0.15) is 0 Å². The zero-order valence-electron chi connectivity index (χ0n) is 5.64. The number of benzene rings is 1. The Morgan fingerprint density at radius 1 is 1.50 bits per heavy atom. The van der Waals surface area contributed by atoms with Gasteiger partial charge in [0.05, 0.1) is 0 Å². The van der Waals surface area contributed by atoms with E-state index in [-0.39, 0.29) is 10.6 Å². The predicted octanol–water partition coefficient (Wildman–Crippen LogP) is 3.28. The first-order chi connectivity index (χ1) is 4.70. The van der Waals surface area contributed by atoms with Crippen LogP contribution in [-0.2, 0) is 0 Å². The van der Waals surface area contributed by atoms with Crippen molar-refractivity contribution in [1.82, 2.24) is 0 Å². The van der Waals surface area contributed by atoms with Gasteiger partial charge in [-0.05, 0) is 24.6 Å². The van der Waals surface area contributed by atoms with Crippen LogP contribution in [0.4, 0.5) is 4.39 Å². The maximum Gasteiger partial charge on any atom is 0.123 e. The highest BCUT2D eigenvalue weighted by atomic mass is 79.9. The van der Waals surface area contributed by atoms with E-state index in [4.69, 9.17) is 0 Å². The summed E-state index contributed by atoms with van der Waals surface area (Å²) in [6.07, 6.45) is 0. The van der Waals surface area contributed by atoms with Gasteiger partial charge in [-0.15, -0.1) is 0 Å². The van der Waals surface area contributed by atoms with Crippen molar-refractivity contribution in [3.05, 3.63) is 35.6 Å². The Balaban J connectivity index is 2.96.